The summed E-state index contributed by atoms with van der Waals surface area (Å²) in [5.41, 5.74) is -0.0617. The predicted molar refractivity (Wildman–Crippen MR) is 218 cm³/mol. The van der Waals surface area contributed by atoms with E-state index < -0.39 is 34.7 Å². The fourth-order valence-electron chi connectivity index (χ4n) is 13.9. The van der Waals surface area contributed by atoms with E-state index in [0.717, 1.165) is 127 Å². The number of fused-ring (bicyclic) bond motifs is 1. The first-order valence-electron chi connectivity index (χ1n) is 23.1. The summed E-state index contributed by atoms with van der Waals surface area (Å²) in [6, 6.07) is 3.83. The van der Waals surface area contributed by atoms with E-state index in [9.17, 15) is 24.9 Å². The minimum Gasteiger partial charge on any atom is -0.504 e. The molecule has 0 radical (unpaired) electrons. The van der Waals surface area contributed by atoms with Gasteiger partial charge in [-0.1, -0.05) is 44.6 Å². The van der Waals surface area contributed by atoms with Crippen LogP contribution in [0.3, 0.4) is 0 Å². The van der Waals surface area contributed by atoms with Crippen molar-refractivity contribution in [2.75, 3.05) is 26.3 Å². The molecule has 2 saturated heterocycles. The smallest absolute Gasteiger partial charge is 0.332 e. The second-order valence-corrected chi connectivity index (χ2v) is 20.0. The quantitative estimate of drug-likeness (QED) is 0.130. The summed E-state index contributed by atoms with van der Waals surface area (Å²) in [7, 11) is 0. The van der Waals surface area contributed by atoms with Gasteiger partial charge < -0.3 is 40.2 Å². The molecule has 11 heteroatoms. The molecule has 11 nitrogen and oxygen atoms in total. The lowest BCUT2D eigenvalue weighted by molar-refractivity contribution is -0.183. The Morgan fingerprint density at radius 3 is 2.36 bits per heavy atom. The van der Waals surface area contributed by atoms with Crippen molar-refractivity contribution in [3.05, 3.63) is 23.3 Å². The van der Waals surface area contributed by atoms with Crippen molar-refractivity contribution in [2.24, 2.45) is 28.1 Å². The van der Waals surface area contributed by atoms with Crippen LogP contribution in [0.25, 0.3) is 0 Å². The molecule has 8 unspecified atom stereocenters. The Morgan fingerprint density at radius 2 is 1.66 bits per heavy atom. The van der Waals surface area contributed by atoms with Crippen molar-refractivity contribution >= 4 is 17.8 Å². The molecule has 3 aliphatic heterocycles. The lowest BCUT2D eigenvalue weighted by Crippen LogP contribution is -2.68. The highest BCUT2D eigenvalue weighted by Gasteiger charge is 2.61. The zero-order valence-corrected chi connectivity index (χ0v) is 35.2. The van der Waals surface area contributed by atoms with E-state index in [1.165, 1.54) is 6.92 Å². The number of phenolic OH excluding ortho intramolecular Hbond substituents is 1. The molecule has 0 bridgehead atoms. The van der Waals surface area contributed by atoms with Gasteiger partial charge in [0.05, 0.1) is 12.7 Å². The van der Waals surface area contributed by atoms with Crippen molar-refractivity contribution in [2.45, 2.75) is 184 Å². The van der Waals surface area contributed by atoms with Crippen LogP contribution in [0.5, 0.6) is 11.5 Å². The maximum Gasteiger partial charge on any atom is 0.332 e. The standard InChI is InChI=1S/C47H70N2O9/c1-30(51)10-9-12-33(57-31(2)52)26-39(58-43(55)47-21-4-3-11-32(47)27-44(42(54)49-47)17-5-6-18-44)46(22-24-48-25-23-46)36-15-13-35-37(45(29-50)19-7-8-20-45)28-56-41-38(53)16-14-34(36)40(35)41/h14,16,30,32-33,35-37,39,48,50-51,53H,3-13,15,17-29H2,1-2H3,(H,49,54). The number of phenols is 1. The number of hydrogen-bond donors (Lipinski definition) is 5. The van der Waals surface area contributed by atoms with Crippen molar-refractivity contribution in [3.63, 3.8) is 0 Å². The number of ether oxygens (including phenoxy) is 3. The number of benzene rings is 1. The molecule has 5 N–H and O–H groups in total. The van der Waals surface area contributed by atoms with E-state index >= 15 is 4.79 Å². The second-order valence-electron chi connectivity index (χ2n) is 20.0. The molecule has 7 aliphatic rings. The van der Waals surface area contributed by atoms with Crippen molar-refractivity contribution in [1.29, 1.82) is 0 Å². The summed E-state index contributed by atoms with van der Waals surface area (Å²) in [6.07, 6.45) is 15.6. The SMILES string of the molecule is CC(=O)OC(CCCC(C)O)CC(OC(=O)C12CCCCC1CC1(CCCC1)C(=O)N2)C1(C2CCC3c4c2ccc(O)c4OCC3C2(CO)CCCC2)CCNCC1. The van der Waals surface area contributed by atoms with Gasteiger partial charge in [0.1, 0.15) is 17.7 Å². The van der Waals surface area contributed by atoms with Gasteiger partial charge in [-0.05, 0) is 139 Å². The van der Waals surface area contributed by atoms with Crippen LogP contribution < -0.4 is 15.4 Å². The molecule has 322 valence electrons. The Kier molecular flexibility index (Phi) is 12.2. The summed E-state index contributed by atoms with van der Waals surface area (Å²) in [5.74, 6) is 0.187. The zero-order valence-electron chi connectivity index (χ0n) is 35.2. The number of piperidine rings is 2. The highest BCUT2D eigenvalue weighted by atomic mass is 16.6. The molecule has 8 rings (SSSR count). The summed E-state index contributed by atoms with van der Waals surface area (Å²) in [4.78, 5) is 42.2. The molecular weight excluding hydrogens is 737 g/mol. The molecule has 0 aromatic heterocycles. The number of rotatable bonds is 13. The lowest BCUT2D eigenvalue weighted by Gasteiger charge is -2.55. The summed E-state index contributed by atoms with van der Waals surface area (Å²) < 4.78 is 19.7. The summed E-state index contributed by atoms with van der Waals surface area (Å²) in [5, 5.41) is 39.3. The van der Waals surface area contributed by atoms with Crippen LogP contribution >= 0.6 is 0 Å². The number of hydrogen-bond acceptors (Lipinski definition) is 10. The summed E-state index contributed by atoms with van der Waals surface area (Å²) in [6.45, 7) is 5.26. The lowest BCUT2D eigenvalue weighted by atomic mass is 9.54. The fourth-order valence-corrected chi connectivity index (χ4v) is 13.9. The minimum atomic E-state index is -1.09. The van der Waals surface area contributed by atoms with E-state index in [1.807, 2.05) is 0 Å². The van der Waals surface area contributed by atoms with Crippen molar-refractivity contribution in [1.82, 2.24) is 10.6 Å². The Morgan fingerprint density at radius 1 is 0.931 bits per heavy atom. The van der Waals surface area contributed by atoms with E-state index in [2.05, 4.69) is 16.7 Å². The predicted octanol–water partition coefficient (Wildman–Crippen LogP) is 7.08. The monoisotopic (exact) mass is 807 g/mol. The number of esters is 2. The number of carbonyl (C=O) groups is 3. The van der Waals surface area contributed by atoms with Gasteiger partial charge in [0.25, 0.3) is 0 Å². The maximum atomic E-state index is 15.3. The number of nitrogens with one attached hydrogen (secondary N) is 2. The molecule has 3 heterocycles. The number of aromatic hydroxyl groups is 1. The molecule has 5 fully saturated rings. The molecule has 4 aliphatic carbocycles. The van der Waals surface area contributed by atoms with Gasteiger partial charge in [0, 0.05) is 47.7 Å². The van der Waals surface area contributed by atoms with Gasteiger partial charge in [-0.15, -0.1) is 0 Å². The van der Waals surface area contributed by atoms with E-state index in [-0.39, 0.29) is 59.3 Å². The van der Waals surface area contributed by atoms with Gasteiger partial charge in [0.15, 0.2) is 11.5 Å². The second kappa shape index (κ2) is 16.9. The molecule has 3 saturated carbocycles. The molecule has 1 aromatic carbocycles. The van der Waals surface area contributed by atoms with Crippen LogP contribution in [0.2, 0.25) is 0 Å². The topological polar surface area (TPSA) is 164 Å². The van der Waals surface area contributed by atoms with Crippen molar-refractivity contribution < 1.29 is 43.9 Å². The first kappa shape index (κ1) is 41.8. The third-order valence-corrected chi connectivity index (χ3v) is 16.8. The van der Waals surface area contributed by atoms with Gasteiger partial charge >= 0.3 is 11.9 Å². The normalized spacial score (nSPS) is 32.2. The van der Waals surface area contributed by atoms with E-state index in [4.69, 9.17) is 14.2 Å². The van der Waals surface area contributed by atoms with Crippen LogP contribution in [0.15, 0.2) is 12.1 Å². The number of aliphatic hydroxyl groups is 2. The summed E-state index contributed by atoms with van der Waals surface area (Å²) >= 11 is 0. The molecule has 58 heavy (non-hydrogen) atoms. The zero-order chi connectivity index (χ0) is 40.7. The van der Waals surface area contributed by atoms with E-state index in [1.54, 1.807) is 13.0 Å². The van der Waals surface area contributed by atoms with Gasteiger partial charge in [-0.3, -0.25) is 9.59 Å². The maximum absolute atomic E-state index is 15.3. The number of aliphatic hydroxyl groups excluding tert-OH is 2. The average molecular weight is 807 g/mol. The molecule has 1 amide bonds. The third kappa shape index (κ3) is 7.45. The average Bonchev–Trinajstić information content (AvgIpc) is 3.90. The number of amides is 1. The van der Waals surface area contributed by atoms with Crippen molar-refractivity contribution in [3.8, 4) is 11.5 Å². The fraction of sp³-hybridized carbons (Fsp3) is 0.809. The van der Waals surface area contributed by atoms with Crippen LogP contribution in [-0.2, 0) is 23.9 Å². The first-order chi connectivity index (χ1) is 28.0. The molecule has 1 aromatic rings. The molecule has 8 atom stereocenters. The van der Waals surface area contributed by atoms with Gasteiger partial charge in [-0.25, -0.2) is 4.79 Å². The van der Waals surface area contributed by atoms with Crippen LogP contribution in [0, 0.1) is 28.1 Å². The van der Waals surface area contributed by atoms with Crippen LogP contribution in [0.4, 0.5) is 0 Å². The largest absolute Gasteiger partial charge is 0.504 e. The minimum absolute atomic E-state index is 0.00699. The first-order valence-corrected chi connectivity index (χ1v) is 23.1. The van der Waals surface area contributed by atoms with Gasteiger partial charge in [0.2, 0.25) is 5.91 Å². The van der Waals surface area contributed by atoms with Gasteiger partial charge in [-0.2, -0.15) is 0 Å². The molecular formula is C47H70N2O9. The Balaban J connectivity index is 1.19. The molecule has 1 spiro atoms. The Bertz CT molecular complexity index is 1660. The van der Waals surface area contributed by atoms with Crippen LogP contribution in [-0.4, -0.2) is 83.3 Å². The highest BCUT2D eigenvalue weighted by Crippen LogP contribution is 2.63. The van der Waals surface area contributed by atoms with Crippen LogP contribution in [0.1, 0.15) is 172 Å². The Labute approximate surface area is 345 Å². The highest BCUT2D eigenvalue weighted by molar-refractivity contribution is 5.93. The van der Waals surface area contributed by atoms with E-state index in [0.29, 0.717) is 44.5 Å². The Hall–Kier alpha value is -2.89. The number of carbonyl (C=O) groups excluding carboxylic acids is 3. The third-order valence-electron chi connectivity index (χ3n) is 16.8.